The molecule has 0 aromatic carbocycles. The summed E-state index contributed by atoms with van der Waals surface area (Å²) >= 11 is 0. The Kier molecular flexibility index (Phi) is 7.52. The molecule has 0 spiro atoms. The van der Waals surface area contributed by atoms with E-state index in [2.05, 4.69) is 15.5 Å². The van der Waals surface area contributed by atoms with E-state index in [1.54, 1.807) is 0 Å². The highest BCUT2D eigenvalue weighted by atomic mass is 16.6. The monoisotopic (exact) mass is 341 g/mol. The van der Waals surface area contributed by atoms with Crippen LogP contribution in [0.2, 0.25) is 0 Å². The number of carbonyl (C=O) groups excluding carboxylic acids is 2. The van der Waals surface area contributed by atoms with Gasteiger partial charge in [-0.1, -0.05) is 0 Å². The van der Waals surface area contributed by atoms with Crippen LogP contribution in [-0.2, 0) is 9.53 Å². The lowest BCUT2D eigenvalue weighted by atomic mass is 9.94. The van der Waals surface area contributed by atoms with Crippen LogP contribution in [0.5, 0.6) is 0 Å². The zero-order valence-corrected chi connectivity index (χ0v) is 16.2. The first-order valence-corrected chi connectivity index (χ1v) is 8.97. The third-order valence-electron chi connectivity index (χ3n) is 3.78. The number of amides is 2. The quantitative estimate of drug-likeness (QED) is 0.754. The molecular formula is C18H35N3O3. The van der Waals surface area contributed by atoms with Crippen LogP contribution >= 0.6 is 0 Å². The molecule has 0 saturated carbocycles. The fourth-order valence-corrected chi connectivity index (χ4v) is 2.70. The Bertz CT molecular complexity index is 416. The Morgan fingerprint density at radius 2 is 1.67 bits per heavy atom. The van der Waals surface area contributed by atoms with Crippen molar-refractivity contribution in [3.8, 4) is 0 Å². The minimum Gasteiger partial charge on any atom is -0.444 e. The molecule has 1 fully saturated rings. The molecule has 0 atom stereocenters. The van der Waals surface area contributed by atoms with Gasteiger partial charge < -0.3 is 20.3 Å². The van der Waals surface area contributed by atoms with Crippen molar-refractivity contribution in [3.63, 3.8) is 0 Å². The predicted octanol–water partition coefficient (Wildman–Crippen LogP) is 2.53. The van der Waals surface area contributed by atoms with Crippen molar-refractivity contribution in [2.75, 3.05) is 26.2 Å². The van der Waals surface area contributed by atoms with Gasteiger partial charge in [0, 0.05) is 18.0 Å². The standard InChI is InChI=1S/C18H35N3O3/c1-17(2,3)20-15(22)14-8-12-21(13-9-14)11-7-10-19-16(23)24-18(4,5)6/h14H,7-13H2,1-6H3,(H,19,23)(H,20,22). The molecular weight excluding hydrogens is 306 g/mol. The van der Waals surface area contributed by atoms with E-state index in [0.29, 0.717) is 6.54 Å². The Balaban J connectivity index is 2.16. The molecule has 1 aliphatic rings. The molecule has 0 bridgehead atoms. The highest BCUT2D eigenvalue weighted by molar-refractivity contribution is 5.79. The number of ether oxygens (including phenoxy) is 1. The van der Waals surface area contributed by atoms with E-state index in [1.807, 2.05) is 41.5 Å². The van der Waals surface area contributed by atoms with Gasteiger partial charge in [0.1, 0.15) is 5.60 Å². The van der Waals surface area contributed by atoms with Crippen LogP contribution in [0.4, 0.5) is 4.79 Å². The maximum absolute atomic E-state index is 12.2. The summed E-state index contributed by atoms with van der Waals surface area (Å²) in [6, 6.07) is 0. The summed E-state index contributed by atoms with van der Waals surface area (Å²) in [5.74, 6) is 0.300. The number of nitrogens with zero attached hydrogens (tertiary/aromatic N) is 1. The van der Waals surface area contributed by atoms with Gasteiger partial charge in [-0.15, -0.1) is 0 Å². The highest BCUT2D eigenvalue weighted by Crippen LogP contribution is 2.18. The third-order valence-corrected chi connectivity index (χ3v) is 3.78. The molecule has 0 aromatic heterocycles. The summed E-state index contributed by atoms with van der Waals surface area (Å²) in [5.41, 5.74) is -0.624. The van der Waals surface area contributed by atoms with Crippen molar-refractivity contribution in [2.24, 2.45) is 5.92 Å². The second-order valence-electron chi connectivity index (χ2n) is 8.64. The maximum Gasteiger partial charge on any atom is 0.407 e. The van der Waals surface area contributed by atoms with Crippen LogP contribution in [-0.4, -0.2) is 54.2 Å². The van der Waals surface area contributed by atoms with Crippen LogP contribution in [0.3, 0.4) is 0 Å². The van der Waals surface area contributed by atoms with E-state index >= 15 is 0 Å². The average Bonchev–Trinajstić information content (AvgIpc) is 2.40. The topological polar surface area (TPSA) is 70.7 Å². The lowest BCUT2D eigenvalue weighted by Crippen LogP contribution is -2.47. The van der Waals surface area contributed by atoms with Gasteiger partial charge in [-0.05, 0) is 80.4 Å². The lowest BCUT2D eigenvalue weighted by molar-refractivity contribution is -0.127. The Hall–Kier alpha value is -1.30. The SMILES string of the molecule is CC(C)(C)NC(=O)C1CCN(CCCNC(=O)OC(C)(C)C)CC1. The molecule has 6 nitrogen and oxygen atoms in total. The molecule has 0 unspecified atom stereocenters. The maximum atomic E-state index is 12.2. The zero-order chi connectivity index (χ0) is 18.4. The van der Waals surface area contributed by atoms with Crippen LogP contribution in [0.1, 0.15) is 60.8 Å². The Labute approximate surface area is 146 Å². The molecule has 140 valence electrons. The van der Waals surface area contributed by atoms with Gasteiger partial charge in [0.05, 0.1) is 0 Å². The van der Waals surface area contributed by atoms with E-state index < -0.39 is 5.60 Å². The zero-order valence-electron chi connectivity index (χ0n) is 16.2. The van der Waals surface area contributed by atoms with E-state index in [9.17, 15) is 9.59 Å². The normalized spacial score (nSPS) is 17.4. The van der Waals surface area contributed by atoms with Crippen molar-refractivity contribution in [2.45, 2.75) is 71.9 Å². The first-order valence-electron chi connectivity index (χ1n) is 8.97. The molecule has 1 rings (SSSR count). The summed E-state index contributed by atoms with van der Waals surface area (Å²) < 4.78 is 5.20. The first-order chi connectivity index (χ1) is 11.0. The van der Waals surface area contributed by atoms with Crippen LogP contribution in [0.25, 0.3) is 0 Å². The minimum absolute atomic E-state index is 0.125. The van der Waals surface area contributed by atoms with Gasteiger partial charge in [0.15, 0.2) is 0 Å². The molecule has 0 radical (unpaired) electrons. The molecule has 1 saturated heterocycles. The van der Waals surface area contributed by atoms with Gasteiger partial charge in [-0.3, -0.25) is 4.79 Å². The van der Waals surface area contributed by atoms with Crippen molar-refractivity contribution in [1.29, 1.82) is 0 Å². The molecule has 0 aromatic rings. The summed E-state index contributed by atoms with van der Waals surface area (Å²) in [4.78, 5) is 26.1. The highest BCUT2D eigenvalue weighted by Gasteiger charge is 2.27. The third kappa shape index (κ3) is 9.11. The average molecular weight is 341 g/mol. The molecule has 1 aliphatic heterocycles. The number of rotatable bonds is 5. The van der Waals surface area contributed by atoms with Gasteiger partial charge in [-0.25, -0.2) is 4.79 Å². The lowest BCUT2D eigenvalue weighted by Gasteiger charge is -2.33. The number of carbonyl (C=O) groups is 2. The predicted molar refractivity (Wildman–Crippen MR) is 95.9 cm³/mol. The summed E-state index contributed by atoms with van der Waals surface area (Å²) in [6.07, 6.45) is 2.33. The number of hydrogen-bond acceptors (Lipinski definition) is 4. The van der Waals surface area contributed by atoms with Crippen LogP contribution < -0.4 is 10.6 Å². The molecule has 0 aliphatic carbocycles. The van der Waals surface area contributed by atoms with Crippen molar-refractivity contribution < 1.29 is 14.3 Å². The molecule has 6 heteroatoms. The van der Waals surface area contributed by atoms with Crippen molar-refractivity contribution in [3.05, 3.63) is 0 Å². The second-order valence-corrected chi connectivity index (χ2v) is 8.64. The van der Waals surface area contributed by atoms with E-state index in [0.717, 1.165) is 38.9 Å². The van der Waals surface area contributed by atoms with E-state index in [-0.39, 0.29) is 23.5 Å². The fourth-order valence-electron chi connectivity index (χ4n) is 2.70. The Morgan fingerprint density at radius 3 is 2.17 bits per heavy atom. The second kappa shape index (κ2) is 8.70. The largest absolute Gasteiger partial charge is 0.444 e. The number of piperidine rings is 1. The fraction of sp³-hybridized carbons (Fsp3) is 0.889. The molecule has 24 heavy (non-hydrogen) atoms. The van der Waals surface area contributed by atoms with Gasteiger partial charge >= 0.3 is 6.09 Å². The van der Waals surface area contributed by atoms with Gasteiger partial charge in [-0.2, -0.15) is 0 Å². The number of alkyl carbamates (subject to hydrolysis) is 1. The van der Waals surface area contributed by atoms with Crippen LogP contribution in [0, 0.1) is 5.92 Å². The van der Waals surface area contributed by atoms with Gasteiger partial charge in [0.2, 0.25) is 5.91 Å². The Morgan fingerprint density at radius 1 is 1.08 bits per heavy atom. The molecule has 2 N–H and O–H groups in total. The minimum atomic E-state index is -0.459. The number of likely N-dealkylation sites (tertiary alicyclic amines) is 1. The summed E-state index contributed by atoms with van der Waals surface area (Å²) in [5, 5.41) is 5.85. The first kappa shape index (κ1) is 20.7. The van der Waals surface area contributed by atoms with Crippen molar-refractivity contribution in [1.82, 2.24) is 15.5 Å². The van der Waals surface area contributed by atoms with Gasteiger partial charge in [0.25, 0.3) is 0 Å². The van der Waals surface area contributed by atoms with Crippen LogP contribution in [0.15, 0.2) is 0 Å². The smallest absolute Gasteiger partial charge is 0.407 e. The van der Waals surface area contributed by atoms with E-state index in [1.165, 1.54) is 0 Å². The van der Waals surface area contributed by atoms with E-state index in [4.69, 9.17) is 4.74 Å². The van der Waals surface area contributed by atoms with Crippen molar-refractivity contribution >= 4 is 12.0 Å². The number of nitrogens with one attached hydrogen (secondary N) is 2. The summed E-state index contributed by atoms with van der Waals surface area (Å²) in [7, 11) is 0. The number of hydrogen-bond donors (Lipinski definition) is 2. The molecule has 1 heterocycles. The molecule has 2 amide bonds. The summed E-state index contributed by atoms with van der Waals surface area (Å²) in [6.45, 7) is 15.0.